The van der Waals surface area contributed by atoms with Gasteiger partial charge in [0.05, 0.1) is 0 Å². The zero-order valence-corrected chi connectivity index (χ0v) is 13.9. The quantitative estimate of drug-likeness (QED) is 0.563. The van der Waals surface area contributed by atoms with Gasteiger partial charge >= 0.3 is 0 Å². The molecule has 0 aliphatic heterocycles. The number of allylic oxidation sites excluding steroid dienone is 2. The molecule has 0 aliphatic rings. The second-order valence-corrected chi connectivity index (χ2v) is 7.54. The molecule has 0 saturated heterocycles. The van der Waals surface area contributed by atoms with E-state index in [0.717, 1.165) is 11.1 Å². The van der Waals surface area contributed by atoms with Crippen molar-refractivity contribution in [2.75, 3.05) is 0 Å². The Morgan fingerprint density at radius 1 is 1.10 bits per heavy atom. The van der Waals surface area contributed by atoms with Gasteiger partial charge in [0, 0.05) is 0 Å². The van der Waals surface area contributed by atoms with Crippen molar-refractivity contribution in [1.29, 1.82) is 0 Å². The van der Waals surface area contributed by atoms with Crippen molar-refractivity contribution in [3.05, 3.63) is 52.9 Å². The molecule has 0 nitrogen and oxygen atoms in total. The average Bonchev–Trinajstić information content (AvgIpc) is 2.28. The van der Waals surface area contributed by atoms with Crippen molar-refractivity contribution in [2.24, 2.45) is 5.41 Å². The minimum absolute atomic E-state index is 0.0633. The number of hydrogen-bond acceptors (Lipinski definition) is 0. The van der Waals surface area contributed by atoms with Crippen LogP contribution in [0.3, 0.4) is 0 Å². The van der Waals surface area contributed by atoms with Crippen LogP contribution in [-0.4, -0.2) is 0 Å². The lowest BCUT2D eigenvalue weighted by Gasteiger charge is -2.22. The maximum absolute atomic E-state index is 14.3. The van der Waals surface area contributed by atoms with E-state index in [9.17, 15) is 4.39 Å². The van der Waals surface area contributed by atoms with Crippen molar-refractivity contribution in [3.63, 3.8) is 0 Å². The predicted octanol–water partition coefficient (Wildman–Crippen LogP) is 6.21. The molecule has 20 heavy (non-hydrogen) atoms. The molecular weight excluding hydrogens is 247 g/mol. The van der Waals surface area contributed by atoms with Gasteiger partial charge in [-0.3, -0.25) is 0 Å². The van der Waals surface area contributed by atoms with Crippen molar-refractivity contribution in [2.45, 2.75) is 53.9 Å². The molecule has 0 aromatic heterocycles. The lowest BCUT2D eigenvalue weighted by atomic mass is 9.84. The Kier molecular flexibility index (Phi) is 4.63. The van der Waals surface area contributed by atoms with Crippen LogP contribution in [-0.2, 0) is 5.41 Å². The first-order valence-electron chi connectivity index (χ1n) is 7.11. The number of benzene rings is 1. The molecule has 0 spiro atoms. The third-order valence-corrected chi connectivity index (χ3v) is 3.62. The maximum atomic E-state index is 14.3. The molecular formula is C19H27F. The summed E-state index contributed by atoms with van der Waals surface area (Å²) < 4.78 is 14.3. The molecule has 0 aliphatic carbocycles. The fourth-order valence-corrected chi connectivity index (χ4v) is 1.84. The fraction of sp³-hybridized carbons (Fsp3) is 0.474. The normalized spacial score (nSPS) is 13.5. The second-order valence-electron chi connectivity index (χ2n) is 7.54. The van der Waals surface area contributed by atoms with E-state index in [1.165, 1.54) is 5.56 Å². The Morgan fingerprint density at radius 2 is 1.65 bits per heavy atom. The van der Waals surface area contributed by atoms with Gasteiger partial charge in [-0.1, -0.05) is 66.3 Å². The summed E-state index contributed by atoms with van der Waals surface area (Å²) in [6.07, 6.45) is 1.61. The van der Waals surface area contributed by atoms with Gasteiger partial charge in [-0.25, -0.2) is 4.39 Å². The van der Waals surface area contributed by atoms with E-state index in [1.54, 1.807) is 6.08 Å². The van der Waals surface area contributed by atoms with Crippen molar-refractivity contribution in [1.82, 2.24) is 0 Å². The van der Waals surface area contributed by atoms with Gasteiger partial charge in [0.2, 0.25) is 0 Å². The molecule has 0 radical (unpaired) electrons. The van der Waals surface area contributed by atoms with Crippen molar-refractivity contribution in [3.8, 4) is 0 Å². The molecule has 0 fully saturated rings. The van der Waals surface area contributed by atoms with Gasteiger partial charge < -0.3 is 0 Å². The molecule has 1 aromatic rings. The Balaban J connectivity index is 3.24. The second kappa shape index (κ2) is 5.55. The highest BCUT2D eigenvalue weighted by Gasteiger charge is 2.19. The van der Waals surface area contributed by atoms with E-state index < -0.39 is 0 Å². The van der Waals surface area contributed by atoms with E-state index in [0.29, 0.717) is 5.57 Å². The van der Waals surface area contributed by atoms with E-state index in [1.807, 2.05) is 27.7 Å². The minimum Gasteiger partial charge on any atom is -0.207 e. The third-order valence-electron chi connectivity index (χ3n) is 3.62. The maximum Gasteiger partial charge on any atom is 0.126 e. The smallest absolute Gasteiger partial charge is 0.126 e. The standard InChI is InChI=1S/C19H27F/c1-13-9-10-16(19(6,7)8)11-15(13)12-17(20)14(2)18(3,4)5/h9-12H,2H2,1,3-8H3/b17-12+. The van der Waals surface area contributed by atoms with E-state index in [-0.39, 0.29) is 16.7 Å². The summed E-state index contributed by atoms with van der Waals surface area (Å²) in [7, 11) is 0. The third kappa shape index (κ3) is 4.06. The molecule has 0 saturated carbocycles. The molecule has 0 bridgehead atoms. The first-order valence-corrected chi connectivity index (χ1v) is 7.11. The van der Waals surface area contributed by atoms with Crippen LogP contribution in [0.4, 0.5) is 4.39 Å². The molecule has 0 atom stereocenters. The van der Waals surface area contributed by atoms with E-state index in [2.05, 4.69) is 45.5 Å². The molecule has 1 aromatic carbocycles. The lowest BCUT2D eigenvalue weighted by Crippen LogP contribution is -2.11. The van der Waals surface area contributed by atoms with E-state index in [4.69, 9.17) is 0 Å². The first kappa shape index (κ1) is 16.7. The number of aryl methyl sites for hydroxylation is 1. The van der Waals surface area contributed by atoms with Gasteiger partial charge in [-0.2, -0.15) is 0 Å². The van der Waals surface area contributed by atoms with Crippen molar-refractivity contribution < 1.29 is 4.39 Å². The zero-order valence-electron chi connectivity index (χ0n) is 13.9. The summed E-state index contributed by atoms with van der Waals surface area (Å²) in [6, 6.07) is 6.24. The Hall–Kier alpha value is -1.37. The summed E-state index contributed by atoms with van der Waals surface area (Å²) >= 11 is 0. The summed E-state index contributed by atoms with van der Waals surface area (Å²) in [5, 5.41) is 0. The van der Waals surface area contributed by atoms with Crippen LogP contribution in [0.2, 0.25) is 0 Å². The molecule has 0 unspecified atom stereocenters. The highest BCUT2D eigenvalue weighted by atomic mass is 19.1. The summed E-state index contributed by atoms with van der Waals surface area (Å²) in [5.74, 6) is -0.230. The Labute approximate surface area is 123 Å². The summed E-state index contributed by atoms with van der Waals surface area (Å²) in [6.45, 7) is 18.3. The molecule has 110 valence electrons. The van der Waals surface area contributed by atoms with Gasteiger partial charge in [0.25, 0.3) is 0 Å². The van der Waals surface area contributed by atoms with Gasteiger partial charge in [0.1, 0.15) is 5.83 Å². The zero-order chi connectivity index (χ0) is 15.7. The summed E-state index contributed by atoms with van der Waals surface area (Å²) in [4.78, 5) is 0. The largest absolute Gasteiger partial charge is 0.207 e. The van der Waals surface area contributed by atoms with Crippen LogP contribution in [0.5, 0.6) is 0 Å². The highest BCUT2D eigenvalue weighted by Crippen LogP contribution is 2.32. The molecule has 0 N–H and O–H groups in total. The van der Waals surface area contributed by atoms with Crippen LogP contribution < -0.4 is 0 Å². The Morgan fingerprint density at radius 3 is 2.10 bits per heavy atom. The van der Waals surface area contributed by atoms with Crippen LogP contribution in [0.15, 0.2) is 36.2 Å². The molecule has 0 heterocycles. The predicted molar refractivity (Wildman–Crippen MR) is 87.6 cm³/mol. The molecule has 1 heteroatoms. The molecule has 1 rings (SSSR count). The van der Waals surface area contributed by atoms with Gasteiger partial charge in [-0.05, 0) is 46.1 Å². The number of hydrogen-bond donors (Lipinski definition) is 0. The monoisotopic (exact) mass is 274 g/mol. The topological polar surface area (TPSA) is 0 Å². The van der Waals surface area contributed by atoms with Gasteiger partial charge in [0.15, 0.2) is 0 Å². The van der Waals surface area contributed by atoms with Crippen LogP contribution >= 0.6 is 0 Å². The van der Waals surface area contributed by atoms with Crippen LogP contribution in [0, 0.1) is 12.3 Å². The summed E-state index contributed by atoms with van der Waals surface area (Å²) in [5.41, 5.74) is 3.57. The fourth-order valence-electron chi connectivity index (χ4n) is 1.84. The average molecular weight is 274 g/mol. The SMILES string of the molecule is C=C(/C(F)=C\c1cc(C(C)(C)C)ccc1C)C(C)(C)C. The van der Waals surface area contributed by atoms with Gasteiger partial charge in [-0.15, -0.1) is 0 Å². The first-order chi connectivity index (χ1) is 8.93. The van der Waals surface area contributed by atoms with E-state index >= 15 is 0 Å². The number of rotatable bonds is 2. The number of halogens is 1. The molecule has 0 amide bonds. The van der Waals surface area contributed by atoms with Crippen LogP contribution in [0.1, 0.15) is 58.2 Å². The highest BCUT2D eigenvalue weighted by molar-refractivity contribution is 5.60. The van der Waals surface area contributed by atoms with Crippen molar-refractivity contribution >= 4 is 6.08 Å². The Bertz CT molecular complexity index is 534. The lowest BCUT2D eigenvalue weighted by molar-refractivity contribution is 0.479. The minimum atomic E-state index is -0.254. The van der Waals surface area contributed by atoms with Crippen LogP contribution in [0.25, 0.3) is 6.08 Å².